The fraction of sp³-hybridized carbons (Fsp3) is 0.208. The van der Waals surface area contributed by atoms with Crippen LogP contribution in [0.25, 0.3) is 0 Å². The Morgan fingerprint density at radius 2 is 1.84 bits per heavy atom. The lowest BCUT2D eigenvalue weighted by Gasteiger charge is -2.37. The first-order valence-electron chi connectivity index (χ1n) is 11.1. The number of hydrogen-bond acceptors (Lipinski definition) is 6. The summed E-state index contributed by atoms with van der Waals surface area (Å²) in [6, 6.07) is 10.8. The second-order valence-electron chi connectivity index (χ2n) is 8.12. The lowest BCUT2D eigenvalue weighted by molar-refractivity contribution is -0.275. The third kappa shape index (κ3) is 6.25. The van der Waals surface area contributed by atoms with Gasteiger partial charge in [-0.05, 0) is 54.4 Å². The van der Waals surface area contributed by atoms with Gasteiger partial charge in [-0.15, -0.1) is 13.2 Å². The van der Waals surface area contributed by atoms with Crippen LogP contribution in [0.5, 0.6) is 5.75 Å². The summed E-state index contributed by atoms with van der Waals surface area (Å²) in [5.41, 5.74) is 1.01. The van der Waals surface area contributed by atoms with E-state index in [4.69, 9.17) is 0 Å². The van der Waals surface area contributed by atoms with E-state index >= 15 is 0 Å². The molecular formula is C24H20BrF3N4O5S. The second-order valence-corrected chi connectivity index (χ2v) is 10.8. The molecule has 4 rings (SSSR count). The first kappa shape index (κ1) is 27.4. The minimum atomic E-state index is -5.18. The average molecular weight is 613 g/mol. The number of ether oxygens (including phenoxy) is 1. The summed E-state index contributed by atoms with van der Waals surface area (Å²) in [4.78, 5) is 28.9. The van der Waals surface area contributed by atoms with Gasteiger partial charge in [-0.2, -0.15) is 0 Å². The van der Waals surface area contributed by atoms with E-state index in [1.54, 1.807) is 30.6 Å². The molecule has 14 heteroatoms. The molecule has 1 atom stereocenters. The molecule has 0 fully saturated rings. The van der Waals surface area contributed by atoms with Gasteiger partial charge >= 0.3 is 6.36 Å². The van der Waals surface area contributed by atoms with E-state index in [1.165, 1.54) is 24.3 Å². The topological polar surface area (TPSA) is 118 Å². The third-order valence-corrected chi connectivity index (χ3v) is 7.87. The Kier molecular flexibility index (Phi) is 7.92. The second kappa shape index (κ2) is 11.0. The molecule has 2 aromatic carbocycles. The quantitative estimate of drug-likeness (QED) is 0.397. The van der Waals surface area contributed by atoms with Crippen LogP contribution in [0.4, 0.5) is 24.5 Å². The molecule has 0 aliphatic carbocycles. The van der Waals surface area contributed by atoms with Gasteiger partial charge in [-0.25, -0.2) is 8.42 Å². The van der Waals surface area contributed by atoms with Gasteiger partial charge in [0.05, 0.1) is 17.8 Å². The molecule has 0 radical (unpaired) electrons. The van der Waals surface area contributed by atoms with E-state index in [1.807, 2.05) is 0 Å². The number of carbonyl (C=O) groups excluding carboxylic acids is 2. The SMILES string of the molecule is O=C(C[C@@H]1C(=O)Nc2ccccc2N1S(=O)(=O)c1ccc(Br)cc1OC(F)(F)F)NCCc1ccncc1. The van der Waals surface area contributed by atoms with Crippen molar-refractivity contribution in [1.29, 1.82) is 0 Å². The first-order valence-corrected chi connectivity index (χ1v) is 13.3. The van der Waals surface area contributed by atoms with Gasteiger partial charge in [0.2, 0.25) is 11.8 Å². The van der Waals surface area contributed by atoms with Crippen LogP contribution in [0.2, 0.25) is 0 Å². The Hall–Kier alpha value is -3.65. The molecule has 0 unspecified atom stereocenters. The standard InChI is InChI=1S/C24H20BrF3N4O5S/c25-16-5-6-21(20(13-16)37-24(26,27)28)38(35,36)32-18-4-2-1-3-17(18)31-23(34)19(32)14-22(33)30-12-9-15-7-10-29-11-8-15/h1-8,10-11,13,19H,9,12,14H2,(H,30,33)(H,31,34)/t19-/m1/s1. The number of para-hydroxylation sites is 2. The monoisotopic (exact) mass is 612 g/mol. The molecule has 38 heavy (non-hydrogen) atoms. The van der Waals surface area contributed by atoms with Crippen LogP contribution in [0.3, 0.4) is 0 Å². The molecule has 2 N–H and O–H groups in total. The number of aromatic nitrogens is 1. The Bertz CT molecular complexity index is 1450. The fourth-order valence-corrected chi connectivity index (χ4v) is 5.95. The number of rotatable bonds is 8. The lowest BCUT2D eigenvalue weighted by Crippen LogP contribution is -2.52. The van der Waals surface area contributed by atoms with Crippen LogP contribution in [0, 0.1) is 0 Å². The van der Waals surface area contributed by atoms with Gasteiger partial charge in [-0.3, -0.25) is 18.9 Å². The maximum absolute atomic E-state index is 13.9. The molecule has 0 spiro atoms. The molecular weight excluding hydrogens is 593 g/mol. The van der Waals surface area contributed by atoms with Gasteiger partial charge in [-0.1, -0.05) is 28.1 Å². The van der Waals surface area contributed by atoms with Crippen molar-refractivity contribution in [3.05, 3.63) is 77.0 Å². The highest BCUT2D eigenvalue weighted by Crippen LogP contribution is 2.40. The van der Waals surface area contributed by atoms with Crippen molar-refractivity contribution in [2.24, 2.45) is 0 Å². The number of nitrogens with one attached hydrogen (secondary N) is 2. The number of benzene rings is 2. The Labute approximate surface area is 224 Å². The molecule has 2 amide bonds. The average Bonchev–Trinajstić information content (AvgIpc) is 2.84. The summed E-state index contributed by atoms with van der Waals surface area (Å²) in [6.45, 7) is 0.205. The number of carbonyl (C=O) groups is 2. The third-order valence-electron chi connectivity index (χ3n) is 5.52. The largest absolute Gasteiger partial charge is 0.573 e. The zero-order chi connectivity index (χ0) is 27.5. The smallest absolute Gasteiger partial charge is 0.404 e. The zero-order valence-corrected chi connectivity index (χ0v) is 21.8. The van der Waals surface area contributed by atoms with Gasteiger partial charge in [0.1, 0.15) is 10.9 Å². The normalized spacial score (nSPS) is 15.4. The molecule has 0 bridgehead atoms. The highest BCUT2D eigenvalue weighted by Gasteiger charge is 2.44. The van der Waals surface area contributed by atoms with Crippen molar-refractivity contribution in [2.45, 2.75) is 30.1 Å². The summed E-state index contributed by atoms with van der Waals surface area (Å²) in [5, 5.41) is 5.21. The van der Waals surface area contributed by atoms with Gasteiger partial charge in [0.15, 0.2) is 5.75 Å². The Morgan fingerprint density at radius 1 is 1.13 bits per heavy atom. The number of nitrogens with zero attached hydrogens (tertiary/aromatic N) is 2. The maximum Gasteiger partial charge on any atom is 0.573 e. The minimum Gasteiger partial charge on any atom is -0.404 e. The van der Waals surface area contributed by atoms with Crippen LogP contribution in [-0.4, -0.2) is 44.2 Å². The predicted molar refractivity (Wildman–Crippen MR) is 135 cm³/mol. The summed E-state index contributed by atoms with van der Waals surface area (Å²) < 4.78 is 71.8. The molecule has 2 heterocycles. The molecule has 0 saturated heterocycles. The number of amides is 2. The van der Waals surface area contributed by atoms with Gasteiger partial charge in [0.25, 0.3) is 10.0 Å². The van der Waals surface area contributed by atoms with E-state index in [0.29, 0.717) is 10.7 Å². The van der Waals surface area contributed by atoms with E-state index in [9.17, 15) is 31.2 Å². The number of anilines is 2. The molecule has 1 aliphatic heterocycles. The minimum absolute atomic E-state index is 0.0115. The summed E-state index contributed by atoms with van der Waals surface area (Å²) in [5.74, 6) is -2.43. The molecule has 1 aliphatic rings. The number of fused-ring (bicyclic) bond motifs is 1. The van der Waals surface area contributed by atoms with Crippen LogP contribution in [-0.2, 0) is 26.0 Å². The van der Waals surface area contributed by atoms with Crippen LogP contribution in [0.1, 0.15) is 12.0 Å². The van der Waals surface area contributed by atoms with Crippen molar-refractivity contribution in [3.8, 4) is 5.75 Å². The van der Waals surface area contributed by atoms with Gasteiger partial charge < -0.3 is 15.4 Å². The fourth-order valence-electron chi connectivity index (χ4n) is 3.88. The van der Waals surface area contributed by atoms with E-state index < -0.39 is 51.3 Å². The molecule has 3 aromatic rings. The van der Waals surface area contributed by atoms with E-state index in [0.717, 1.165) is 17.7 Å². The highest BCUT2D eigenvalue weighted by atomic mass is 79.9. The Balaban J connectivity index is 1.67. The molecule has 9 nitrogen and oxygen atoms in total. The zero-order valence-electron chi connectivity index (χ0n) is 19.4. The van der Waals surface area contributed by atoms with Crippen molar-refractivity contribution in [1.82, 2.24) is 10.3 Å². The summed E-state index contributed by atoms with van der Waals surface area (Å²) >= 11 is 3.01. The van der Waals surface area contributed by atoms with Crippen molar-refractivity contribution < 1.29 is 35.9 Å². The lowest BCUT2D eigenvalue weighted by atomic mass is 10.1. The van der Waals surface area contributed by atoms with Gasteiger partial charge in [0, 0.05) is 23.4 Å². The molecule has 0 saturated carbocycles. The van der Waals surface area contributed by atoms with Crippen LogP contribution in [0.15, 0.2) is 76.4 Å². The molecule has 1 aromatic heterocycles. The highest BCUT2D eigenvalue weighted by molar-refractivity contribution is 9.10. The van der Waals surface area contributed by atoms with Crippen molar-refractivity contribution >= 4 is 49.1 Å². The Morgan fingerprint density at radius 3 is 2.55 bits per heavy atom. The van der Waals surface area contributed by atoms with Crippen molar-refractivity contribution in [3.63, 3.8) is 0 Å². The first-order chi connectivity index (χ1) is 18.0. The number of halogens is 4. The predicted octanol–water partition coefficient (Wildman–Crippen LogP) is 4.01. The number of alkyl halides is 3. The van der Waals surface area contributed by atoms with Crippen molar-refractivity contribution in [2.75, 3.05) is 16.2 Å². The summed E-state index contributed by atoms with van der Waals surface area (Å²) in [6.07, 6.45) is -2.10. The van der Waals surface area contributed by atoms with E-state index in [-0.39, 0.29) is 22.4 Å². The summed E-state index contributed by atoms with van der Waals surface area (Å²) in [7, 11) is -4.85. The van der Waals surface area contributed by atoms with Crippen LogP contribution < -0.4 is 19.7 Å². The number of hydrogen-bond donors (Lipinski definition) is 2. The maximum atomic E-state index is 13.9. The number of sulfonamides is 1. The van der Waals surface area contributed by atoms with Crippen LogP contribution >= 0.6 is 15.9 Å². The van der Waals surface area contributed by atoms with E-state index in [2.05, 4.69) is 36.3 Å². The molecule has 200 valence electrons. The number of pyridine rings is 1.